The summed E-state index contributed by atoms with van der Waals surface area (Å²) in [6, 6.07) is -0.174. The van der Waals surface area contributed by atoms with E-state index in [-0.39, 0.29) is 42.8 Å². The van der Waals surface area contributed by atoms with E-state index in [1.54, 1.807) is 14.0 Å². The molecule has 2 aliphatic heterocycles. The monoisotopic (exact) mass is 790 g/mol. The van der Waals surface area contributed by atoms with Gasteiger partial charge in [0.05, 0.1) is 42.7 Å². The van der Waals surface area contributed by atoms with Crippen molar-refractivity contribution >= 4 is 5.97 Å². The first-order valence-electron chi connectivity index (χ1n) is 21.1. The van der Waals surface area contributed by atoms with Crippen molar-refractivity contribution in [3.63, 3.8) is 0 Å². The maximum Gasteiger partial charge on any atom is 0.311 e. The fourth-order valence-corrected chi connectivity index (χ4v) is 8.62. The van der Waals surface area contributed by atoms with Crippen LogP contribution in [-0.4, -0.2) is 151 Å². The predicted octanol–water partition coefficient (Wildman–Crippen LogP) is 4.78. The van der Waals surface area contributed by atoms with Crippen LogP contribution in [-0.2, 0) is 33.2 Å². The number of nitrogens with one attached hydrogen (secondary N) is 1. The predicted molar refractivity (Wildman–Crippen MR) is 215 cm³/mol. The van der Waals surface area contributed by atoms with Gasteiger partial charge in [-0.2, -0.15) is 0 Å². The summed E-state index contributed by atoms with van der Waals surface area (Å²) in [5, 5.41) is 36.7. The van der Waals surface area contributed by atoms with Gasteiger partial charge < -0.3 is 54.0 Å². The van der Waals surface area contributed by atoms with Crippen LogP contribution in [0, 0.1) is 23.7 Å². The smallest absolute Gasteiger partial charge is 0.311 e. The third-order valence-corrected chi connectivity index (χ3v) is 12.0. The number of nitrogens with zero attached hydrogens (tertiary/aromatic N) is 2. The molecule has 4 unspecified atom stereocenters. The van der Waals surface area contributed by atoms with Crippen LogP contribution in [0.25, 0.3) is 0 Å². The number of rotatable bonds is 16. The molecule has 326 valence electrons. The topological polar surface area (TPSA) is 152 Å². The second kappa shape index (κ2) is 23.0. The third kappa shape index (κ3) is 15.0. The summed E-state index contributed by atoms with van der Waals surface area (Å²) in [6.07, 6.45) is -0.891. The van der Waals surface area contributed by atoms with E-state index in [1.807, 2.05) is 39.5 Å². The van der Waals surface area contributed by atoms with Gasteiger partial charge in [0.1, 0.15) is 17.8 Å². The van der Waals surface area contributed by atoms with Crippen LogP contribution in [0.2, 0.25) is 0 Å². The molecule has 2 saturated heterocycles. The highest BCUT2D eigenvalue weighted by molar-refractivity contribution is 5.73. The van der Waals surface area contributed by atoms with Crippen LogP contribution in [0.15, 0.2) is 0 Å². The Morgan fingerprint density at radius 2 is 1.71 bits per heavy atom. The van der Waals surface area contributed by atoms with Crippen molar-refractivity contribution in [2.24, 2.45) is 23.7 Å². The first-order valence-corrected chi connectivity index (χ1v) is 21.1. The van der Waals surface area contributed by atoms with Crippen molar-refractivity contribution in [1.82, 2.24) is 15.1 Å². The van der Waals surface area contributed by atoms with E-state index in [2.05, 4.69) is 58.9 Å². The molecule has 4 N–H and O–H groups in total. The van der Waals surface area contributed by atoms with Gasteiger partial charge in [-0.05, 0) is 107 Å². The summed E-state index contributed by atoms with van der Waals surface area (Å²) < 4.78 is 39.3. The Hall–Kier alpha value is -0.970. The Morgan fingerprint density at radius 3 is 2.25 bits per heavy atom. The van der Waals surface area contributed by atoms with Gasteiger partial charge >= 0.3 is 5.97 Å². The minimum absolute atomic E-state index is 0.0107. The first kappa shape index (κ1) is 50.2. The molecule has 15 atom stereocenters. The zero-order valence-electron chi connectivity index (χ0n) is 37.2. The van der Waals surface area contributed by atoms with Crippen LogP contribution in [0.5, 0.6) is 0 Å². The van der Waals surface area contributed by atoms with E-state index in [4.69, 9.17) is 28.4 Å². The van der Waals surface area contributed by atoms with E-state index in [1.165, 1.54) is 6.92 Å². The summed E-state index contributed by atoms with van der Waals surface area (Å²) in [4.78, 5) is 18.5. The Morgan fingerprint density at radius 1 is 1.05 bits per heavy atom. The van der Waals surface area contributed by atoms with Crippen molar-refractivity contribution in [2.75, 3.05) is 47.6 Å². The number of ether oxygens (including phenoxy) is 6. The average Bonchev–Trinajstić information content (AvgIpc) is 3.11. The number of cyclic esters (lactones) is 1. The number of hydrogen-bond donors (Lipinski definition) is 4. The maximum atomic E-state index is 14.4. The lowest BCUT2D eigenvalue weighted by Crippen LogP contribution is -2.58. The molecule has 55 heavy (non-hydrogen) atoms. The quantitative estimate of drug-likeness (QED) is 0.126. The van der Waals surface area contributed by atoms with Gasteiger partial charge in [0.2, 0.25) is 0 Å². The molecule has 13 nitrogen and oxygen atoms in total. The van der Waals surface area contributed by atoms with E-state index < -0.39 is 60.0 Å². The minimum atomic E-state index is -1.72. The molecule has 0 bridgehead atoms. The normalized spacial score (nSPS) is 38.0. The minimum Gasteiger partial charge on any atom is -0.459 e. The molecular weight excluding hydrogens is 706 g/mol. The molecule has 0 radical (unpaired) electrons. The molecule has 13 heteroatoms. The molecule has 0 aromatic heterocycles. The Balaban J connectivity index is 2.71. The van der Waals surface area contributed by atoms with Crippen molar-refractivity contribution < 1.29 is 48.5 Å². The lowest BCUT2D eigenvalue weighted by atomic mass is 9.80. The first-order chi connectivity index (χ1) is 25.6. The zero-order chi connectivity index (χ0) is 41.8. The Labute approximate surface area is 334 Å². The van der Waals surface area contributed by atoms with Crippen LogP contribution in [0.3, 0.4) is 0 Å². The zero-order valence-corrected chi connectivity index (χ0v) is 37.2. The van der Waals surface area contributed by atoms with Gasteiger partial charge in [-0.25, -0.2) is 0 Å². The van der Waals surface area contributed by atoms with Gasteiger partial charge in [-0.1, -0.05) is 34.6 Å². The van der Waals surface area contributed by atoms with Gasteiger partial charge in [0.15, 0.2) is 12.6 Å². The van der Waals surface area contributed by atoms with Gasteiger partial charge in [-0.3, -0.25) is 9.69 Å². The van der Waals surface area contributed by atoms with Gasteiger partial charge in [0, 0.05) is 51.0 Å². The van der Waals surface area contributed by atoms with Crippen molar-refractivity contribution in [1.29, 1.82) is 0 Å². The number of carbonyl (C=O) groups is 1. The molecular formula is C42H83N3O10. The van der Waals surface area contributed by atoms with Crippen LogP contribution < -0.4 is 5.32 Å². The van der Waals surface area contributed by atoms with Crippen molar-refractivity contribution in [3.8, 4) is 0 Å². The summed E-state index contributed by atoms with van der Waals surface area (Å²) in [6.45, 7) is 25.1. The second-order valence-electron chi connectivity index (χ2n) is 18.0. The summed E-state index contributed by atoms with van der Waals surface area (Å²) in [5.41, 5.74) is -2.48. The van der Waals surface area contributed by atoms with E-state index in [9.17, 15) is 20.1 Å². The number of esters is 1. The molecule has 0 spiro atoms. The van der Waals surface area contributed by atoms with Crippen molar-refractivity contribution in [3.05, 3.63) is 0 Å². The molecule has 0 saturated carbocycles. The SMILES string of the molecule is CCCN(CO)C[C@@](C)(C[C@@H](OC(C)C)O[C@H]1C(C)[C@@H](O[C@H]2CC(N(C)C)CC(C)O2)[C@@H](C)C[C@@H](C)CN[C@H](C)[C@@H](O)[C@](C)(O)C(CC)OC(=O)[C@@H]1C)OC. The van der Waals surface area contributed by atoms with Gasteiger partial charge in [0.25, 0.3) is 0 Å². The highest BCUT2D eigenvalue weighted by atomic mass is 16.7. The summed E-state index contributed by atoms with van der Waals surface area (Å²) in [5.74, 6) is -1.53. The molecule has 2 rings (SSSR count). The number of hydrogen-bond acceptors (Lipinski definition) is 13. The highest BCUT2D eigenvalue weighted by Gasteiger charge is 2.47. The molecule has 0 aliphatic carbocycles. The fraction of sp³-hybridized carbons (Fsp3) is 0.976. The molecule has 0 amide bonds. The fourth-order valence-electron chi connectivity index (χ4n) is 8.62. The summed E-state index contributed by atoms with van der Waals surface area (Å²) in [7, 11) is 5.83. The number of aliphatic hydroxyl groups is 3. The number of carbonyl (C=O) groups excluding carboxylic acids is 1. The Bertz CT molecular complexity index is 1100. The van der Waals surface area contributed by atoms with Crippen molar-refractivity contribution in [2.45, 2.75) is 194 Å². The Kier molecular flexibility index (Phi) is 21.0. The second-order valence-corrected chi connectivity index (χ2v) is 18.0. The van der Waals surface area contributed by atoms with Gasteiger partial charge in [-0.15, -0.1) is 0 Å². The standard InChI is InChI=1S/C42H83N3O10/c1-16-18-45(25-46)24-41(11,50-15)22-36(51-26(3)4)55-38-30(8)37(54-35-21-33(44(13)14)20-29(7)52-35)28(6)19-27(5)23-43-32(10)39(47)42(12,49)34(17-2)53-40(48)31(38)9/h26-39,43,46-47,49H,16-25H2,1-15H3/t27-,28+,29?,30?,31-,32-,33?,34?,35+,36+,37+,38+,39-,41-,42-/m1/s1. The maximum absolute atomic E-state index is 14.4. The molecule has 0 aromatic carbocycles. The van der Waals surface area contributed by atoms with Crippen LogP contribution >= 0.6 is 0 Å². The highest BCUT2D eigenvalue weighted by Crippen LogP contribution is 2.36. The van der Waals surface area contributed by atoms with E-state index in [0.29, 0.717) is 44.9 Å². The van der Waals surface area contributed by atoms with E-state index in [0.717, 1.165) is 19.3 Å². The lowest BCUT2D eigenvalue weighted by Gasteiger charge is -2.44. The molecule has 2 heterocycles. The number of methoxy groups -OCH3 is 1. The molecule has 0 aromatic rings. The third-order valence-electron chi connectivity index (χ3n) is 12.0. The molecule has 2 fully saturated rings. The largest absolute Gasteiger partial charge is 0.459 e. The summed E-state index contributed by atoms with van der Waals surface area (Å²) >= 11 is 0. The average molecular weight is 790 g/mol. The number of aliphatic hydroxyl groups excluding tert-OH is 2. The van der Waals surface area contributed by atoms with Crippen LogP contribution in [0.4, 0.5) is 0 Å². The van der Waals surface area contributed by atoms with E-state index >= 15 is 0 Å². The molecule has 2 aliphatic rings. The van der Waals surface area contributed by atoms with Crippen LogP contribution in [0.1, 0.15) is 122 Å². The lowest BCUT2D eigenvalue weighted by molar-refractivity contribution is -0.265.